The number of hydrogen-bond acceptors (Lipinski definition) is 3. The highest BCUT2D eigenvalue weighted by molar-refractivity contribution is 5.92. The molecule has 0 radical (unpaired) electrons. The smallest absolute Gasteiger partial charge is 0.395 e. The van der Waals surface area contributed by atoms with Crippen molar-refractivity contribution in [2.75, 3.05) is 19.7 Å². The zero-order valence-corrected chi connectivity index (χ0v) is 10.5. The number of aliphatic hydroxyl groups is 1. The van der Waals surface area contributed by atoms with E-state index in [1.165, 1.54) is 0 Å². The molecule has 0 spiro atoms. The summed E-state index contributed by atoms with van der Waals surface area (Å²) in [7, 11) is 0. The fourth-order valence-electron chi connectivity index (χ4n) is 1.70. The van der Waals surface area contributed by atoms with E-state index in [9.17, 15) is 22.4 Å². The molecule has 3 N–H and O–H groups in total. The molecule has 0 saturated heterocycles. The van der Waals surface area contributed by atoms with Gasteiger partial charge in [0.05, 0.1) is 13.2 Å². The van der Waals surface area contributed by atoms with Gasteiger partial charge in [-0.05, 0) is 18.2 Å². The van der Waals surface area contributed by atoms with E-state index in [4.69, 9.17) is 10.8 Å². The molecule has 0 aromatic heterocycles. The Balaban J connectivity index is 2.92. The minimum atomic E-state index is -4.47. The summed E-state index contributed by atoms with van der Waals surface area (Å²) >= 11 is 0. The van der Waals surface area contributed by atoms with Crippen LogP contribution >= 0.6 is 0 Å². The summed E-state index contributed by atoms with van der Waals surface area (Å²) < 4.78 is 50.6. The first-order valence-electron chi connectivity index (χ1n) is 5.71. The maximum atomic E-state index is 13.5. The van der Waals surface area contributed by atoms with E-state index in [1.807, 2.05) is 0 Å². The Bertz CT molecular complexity index is 477. The zero-order valence-electron chi connectivity index (χ0n) is 10.5. The fourth-order valence-corrected chi connectivity index (χ4v) is 1.70. The van der Waals surface area contributed by atoms with Gasteiger partial charge in [-0.15, -0.1) is 0 Å². The number of benzene rings is 1. The van der Waals surface area contributed by atoms with E-state index in [2.05, 4.69) is 0 Å². The molecule has 0 saturated carbocycles. The number of nitrogens with zero attached hydrogens (tertiary/aromatic N) is 1. The van der Waals surface area contributed by atoms with Crippen LogP contribution in [0.15, 0.2) is 18.2 Å². The molecule has 0 aliphatic heterocycles. The summed E-state index contributed by atoms with van der Waals surface area (Å²) in [6, 6.07) is 3.24. The highest BCUT2D eigenvalue weighted by atomic mass is 19.4. The van der Waals surface area contributed by atoms with Crippen LogP contribution in [0.1, 0.15) is 15.9 Å². The first-order valence-corrected chi connectivity index (χ1v) is 5.71. The van der Waals surface area contributed by atoms with Crippen molar-refractivity contribution >= 4 is 5.91 Å². The van der Waals surface area contributed by atoms with E-state index in [1.54, 1.807) is 0 Å². The Morgan fingerprint density at radius 3 is 2.50 bits per heavy atom. The second-order valence-electron chi connectivity index (χ2n) is 4.22. The van der Waals surface area contributed by atoms with Crippen molar-refractivity contribution in [1.82, 2.24) is 4.90 Å². The van der Waals surface area contributed by atoms with Gasteiger partial charge in [-0.3, -0.25) is 9.69 Å². The van der Waals surface area contributed by atoms with E-state index >= 15 is 0 Å². The summed E-state index contributed by atoms with van der Waals surface area (Å²) in [5.74, 6) is -1.53. The lowest BCUT2D eigenvalue weighted by Gasteiger charge is -2.23. The number of carbonyl (C=O) groups is 1. The number of alkyl halides is 3. The number of carbonyl (C=O) groups excluding carboxylic acids is 1. The molecule has 4 nitrogen and oxygen atoms in total. The van der Waals surface area contributed by atoms with Crippen LogP contribution < -0.4 is 5.73 Å². The number of hydrogen-bond donors (Lipinski definition) is 2. The predicted octanol–water partition coefficient (Wildman–Crippen LogP) is 1.28. The minimum absolute atomic E-state index is 0.0114. The first kappa shape index (κ1) is 16.4. The van der Waals surface area contributed by atoms with Crippen LogP contribution in [0.2, 0.25) is 0 Å². The number of nitrogens with two attached hydrogens (primary N) is 1. The molecule has 1 aromatic rings. The molecule has 1 rings (SSSR count). The first-order chi connectivity index (χ1) is 9.23. The molecule has 0 unspecified atom stereocenters. The Morgan fingerprint density at radius 2 is 2.00 bits per heavy atom. The topological polar surface area (TPSA) is 66.6 Å². The molecule has 0 fully saturated rings. The molecule has 1 aromatic carbocycles. The average molecular weight is 294 g/mol. The largest absolute Gasteiger partial charge is 0.401 e. The third kappa shape index (κ3) is 5.14. The number of amides is 1. The monoisotopic (exact) mass is 294 g/mol. The van der Waals surface area contributed by atoms with E-state index in [-0.39, 0.29) is 24.2 Å². The van der Waals surface area contributed by atoms with Crippen LogP contribution in [0.4, 0.5) is 17.6 Å². The SMILES string of the molecule is NC(=O)c1ccc(F)c(CN(CCO)CC(F)(F)F)c1. The van der Waals surface area contributed by atoms with Gasteiger partial charge < -0.3 is 10.8 Å². The molecule has 0 aliphatic carbocycles. The number of primary amides is 1. The second kappa shape index (κ2) is 6.67. The van der Waals surface area contributed by atoms with Gasteiger partial charge in [0.1, 0.15) is 5.82 Å². The molecular weight excluding hydrogens is 280 g/mol. The van der Waals surface area contributed by atoms with Crippen molar-refractivity contribution in [2.45, 2.75) is 12.7 Å². The molecular formula is C12H14F4N2O2. The van der Waals surface area contributed by atoms with Gasteiger partial charge in [-0.1, -0.05) is 0 Å². The Morgan fingerprint density at radius 1 is 1.35 bits per heavy atom. The van der Waals surface area contributed by atoms with Gasteiger partial charge in [0.15, 0.2) is 0 Å². The molecule has 20 heavy (non-hydrogen) atoms. The van der Waals surface area contributed by atoms with Crippen molar-refractivity contribution in [3.8, 4) is 0 Å². The molecule has 1 amide bonds. The van der Waals surface area contributed by atoms with Crippen LogP contribution in [0.5, 0.6) is 0 Å². The fraction of sp³-hybridized carbons (Fsp3) is 0.417. The third-order valence-electron chi connectivity index (χ3n) is 2.54. The van der Waals surface area contributed by atoms with Crippen molar-refractivity contribution < 1.29 is 27.5 Å². The van der Waals surface area contributed by atoms with Crippen LogP contribution in [0.25, 0.3) is 0 Å². The normalized spacial score (nSPS) is 11.9. The van der Waals surface area contributed by atoms with Gasteiger partial charge in [-0.2, -0.15) is 13.2 Å². The number of halogens is 4. The molecule has 112 valence electrons. The van der Waals surface area contributed by atoms with E-state index in [0.717, 1.165) is 23.1 Å². The third-order valence-corrected chi connectivity index (χ3v) is 2.54. The zero-order chi connectivity index (χ0) is 15.3. The van der Waals surface area contributed by atoms with Gasteiger partial charge in [0.25, 0.3) is 0 Å². The quantitative estimate of drug-likeness (QED) is 0.777. The summed E-state index contributed by atoms with van der Waals surface area (Å²) in [6.45, 7) is -2.42. The standard InChI is InChI=1S/C12H14F4N2O2/c13-10-2-1-8(11(17)20)5-9(10)6-18(3-4-19)7-12(14,15)16/h1-2,5,19H,3-4,6-7H2,(H2,17,20). The average Bonchev–Trinajstić information content (AvgIpc) is 2.29. The molecule has 0 bridgehead atoms. The highest BCUT2D eigenvalue weighted by Crippen LogP contribution is 2.19. The second-order valence-corrected chi connectivity index (χ2v) is 4.22. The van der Waals surface area contributed by atoms with Crippen molar-refractivity contribution in [3.63, 3.8) is 0 Å². The summed E-state index contributed by atoms with van der Waals surface area (Å²) in [5.41, 5.74) is 4.96. The summed E-state index contributed by atoms with van der Waals surface area (Å²) in [6.07, 6.45) is -4.47. The van der Waals surface area contributed by atoms with Crippen LogP contribution in [0, 0.1) is 5.82 Å². The molecule has 0 aliphatic rings. The van der Waals surface area contributed by atoms with Crippen molar-refractivity contribution in [2.24, 2.45) is 5.73 Å². The maximum Gasteiger partial charge on any atom is 0.401 e. The van der Waals surface area contributed by atoms with Crippen molar-refractivity contribution in [3.05, 3.63) is 35.1 Å². The van der Waals surface area contributed by atoms with Gasteiger partial charge in [0.2, 0.25) is 5.91 Å². The highest BCUT2D eigenvalue weighted by Gasteiger charge is 2.30. The lowest BCUT2D eigenvalue weighted by molar-refractivity contribution is -0.148. The number of rotatable bonds is 6. The predicted molar refractivity (Wildman–Crippen MR) is 63.3 cm³/mol. The van der Waals surface area contributed by atoms with Crippen LogP contribution in [-0.2, 0) is 6.54 Å². The lowest BCUT2D eigenvalue weighted by atomic mass is 10.1. The maximum absolute atomic E-state index is 13.5. The molecule has 0 heterocycles. The summed E-state index contributed by atoms with van der Waals surface area (Å²) in [5, 5.41) is 8.75. The Labute approximate surface area is 112 Å². The lowest BCUT2D eigenvalue weighted by Crippen LogP contribution is -2.36. The summed E-state index contributed by atoms with van der Waals surface area (Å²) in [4.78, 5) is 11.8. The Hall–Kier alpha value is -1.67. The molecule has 0 atom stereocenters. The van der Waals surface area contributed by atoms with Gasteiger partial charge in [0, 0.05) is 24.2 Å². The van der Waals surface area contributed by atoms with Crippen LogP contribution in [0.3, 0.4) is 0 Å². The van der Waals surface area contributed by atoms with E-state index in [0.29, 0.717) is 0 Å². The Kier molecular flexibility index (Phi) is 5.46. The van der Waals surface area contributed by atoms with Crippen molar-refractivity contribution in [1.29, 1.82) is 0 Å². The number of aliphatic hydroxyl groups excluding tert-OH is 1. The van der Waals surface area contributed by atoms with E-state index < -0.39 is 31.1 Å². The minimum Gasteiger partial charge on any atom is -0.395 e. The van der Waals surface area contributed by atoms with Crippen LogP contribution in [-0.4, -0.2) is 41.8 Å². The van der Waals surface area contributed by atoms with Gasteiger partial charge in [-0.25, -0.2) is 4.39 Å². The van der Waals surface area contributed by atoms with Gasteiger partial charge >= 0.3 is 6.18 Å². The molecule has 8 heteroatoms.